The van der Waals surface area contributed by atoms with E-state index in [1.54, 1.807) is 7.11 Å². The van der Waals surface area contributed by atoms with Crippen molar-refractivity contribution in [2.24, 2.45) is 0 Å². The summed E-state index contributed by atoms with van der Waals surface area (Å²) in [5.74, 6) is 0.939. The highest BCUT2D eigenvalue weighted by molar-refractivity contribution is 5.53. The summed E-state index contributed by atoms with van der Waals surface area (Å²) in [6.07, 6.45) is 3.69. The zero-order chi connectivity index (χ0) is 17.8. The molecule has 0 radical (unpaired) electrons. The summed E-state index contributed by atoms with van der Waals surface area (Å²) in [6.45, 7) is 5.65. The number of benzene rings is 2. The lowest BCUT2D eigenvalue weighted by Gasteiger charge is -2.37. The number of methoxy groups -OCH3 is 1. The molecular formula is C22H29N3O. The van der Waals surface area contributed by atoms with Gasteiger partial charge in [-0.05, 0) is 43.0 Å². The van der Waals surface area contributed by atoms with Crippen molar-refractivity contribution in [3.8, 4) is 5.75 Å². The van der Waals surface area contributed by atoms with Crippen molar-refractivity contribution in [1.82, 2.24) is 4.90 Å². The quantitative estimate of drug-likeness (QED) is 0.890. The van der Waals surface area contributed by atoms with Crippen LogP contribution in [0.5, 0.6) is 5.75 Å². The van der Waals surface area contributed by atoms with Crippen LogP contribution in [0.4, 0.5) is 11.4 Å². The number of para-hydroxylation sites is 1. The van der Waals surface area contributed by atoms with Crippen LogP contribution in [0.2, 0.25) is 0 Å². The SMILES string of the molecule is COc1cccc(N2CCN(CCC3CCc4ccccc4N3)CC2)c1. The Morgan fingerprint density at radius 2 is 1.88 bits per heavy atom. The van der Waals surface area contributed by atoms with Crippen molar-refractivity contribution in [3.05, 3.63) is 54.1 Å². The predicted molar refractivity (Wildman–Crippen MR) is 108 cm³/mol. The summed E-state index contributed by atoms with van der Waals surface area (Å²) < 4.78 is 5.35. The monoisotopic (exact) mass is 351 g/mol. The first kappa shape index (κ1) is 17.2. The van der Waals surface area contributed by atoms with Gasteiger partial charge in [-0.15, -0.1) is 0 Å². The van der Waals surface area contributed by atoms with Gasteiger partial charge < -0.3 is 15.0 Å². The van der Waals surface area contributed by atoms with E-state index in [4.69, 9.17) is 4.74 Å². The Bertz CT molecular complexity index is 725. The number of hydrogen-bond acceptors (Lipinski definition) is 4. The molecule has 1 atom stereocenters. The van der Waals surface area contributed by atoms with Crippen LogP contribution in [-0.2, 0) is 6.42 Å². The summed E-state index contributed by atoms with van der Waals surface area (Å²) in [5, 5.41) is 3.73. The number of rotatable bonds is 5. The summed E-state index contributed by atoms with van der Waals surface area (Å²) in [4.78, 5) is 5.08. The molecule has 26 heavy (non-hydrogen) atoms. The van der Waals surface area contributed by atoms with Crippen molar-refractivity contribution in [3.63, 3.8) is 0 Å². The zero-order valence-electron chi connectivity index (χ0n) is 15.7. The topological polar surface area (TPSA) is 27.7 Å². The average Bonchev–Trinajstić information content (AvgIpc) is 2.72. The van der Waals surface area contributed by atoms with Crippen molar-refractivity contribution < 1.29 is 4.74 Å². The second kappa shape index (κ2) is 8.00. The van der Waals surface area contributed by atoms with Gasteiger partial charge in [-0.2, -0.15) is 0 Å². The van der Waals surface area contributed by atoms with Crippen LogP contribution in [0.15, 0.2) is 48.5 Å². The highest BCUT2D eigenvalue weighted by Crippen LogP contribution is 2.26. The molecule has 0 aliphatic carbocycles. The molecule has 1 saturated heterocycles. The highest BCUT2D eigenvalue weighted by atomic mass is 16.5. The molecule has 0 aromatic heterocycles. The van der Waals surface area contributed by atoms with Gasteiger partial charge in [0.05, 0.1) is 7.11 Å². The molecule has 0 saturated carbocycles. The minimum absolute atomic E-state index is 0.612. The third kappa shape index (κ3) is 3.96. The van der Waals surface area contributed by atoms with Crippen LogP contribution >= 0.6 is 0 Å². The van der Waals surface area contributed by atoms with Gasteiger partial charge in [0, 0.05) is 56.2 Å². The lowest BCUT2D eigenvalue weighted by atomic mass is 9.96. The van der Waals surface area contributed by atoms with E-state index in [0.717, 1.165) is 31.9 Å². The number of piperazine rings is 1. The van der Waals surface area contributed by atoms with Gasteiger partial charge in [0.1, 0.15) is 5.75 Å². The maximum Gasteiger partial charge on any atom is 0.120 e. The molecule has 1 fully saturated rings. The molecule has 2 heterocycles. The lowest BCUT2D eigenvalue weighted by molar-refractivity contribution is 0.248. The van der Waals surface area contributed by atoms with Crippen LogP contribution in [-0.4, -0.2) is 50.8 Å². The Labute approximate surface area is 156 Å². The lowest BCUT2D eigenvalue weighted by Crippen LogP contribution is -2.47. The molecular weight excluding hydrogens is 322 g/mol. The maximum atomic E-state index is 5.35. The molecule has 138 valence electrons. The van der Waals surface area contributed by atoms with E-state index in [1.165, 1.54) is 42.7 Å². The van der Waals surface area contributed by atoms with Gasteiger partial charge in [0.2, 0.25) is 0 Å². The highest BCUT2D eigenvalue weighted by Gasteiger charge is 2.21. The Morgan fingerprint density at radius 3 is 2.73 bits per heavy atom. The number of ether oxygens (including phenoxy) is 1. The summed E-state index contributed by atoms with van der Waals surface area (Å²) in [5.41, 5.74) is 4.08. The zero-order valence-corrected chi connectivity index (χ0v) is 15.7. The molecule has 2 aromatic rings. The minimum atomic E-state index is 0.612. The van der Waals surface area contributed by atoms with Crippen molar-refractivity contribution in [2.45, 2.75) is 25.3 Å². The molecule has 1 N–H and O–H groups in total. The van der Waals surface area contributed by atoms with Crippen LogP contribution in [0, 0.1) is 0 Å². The van der Waals surface area contributed by atoms with Crippen molar-refractivity contribution in [2.75, 3.05) is 50.1 Å². The van der Waals surface area contributed by atoms with Gasteiger partial charge in [-0.3, -0.25) is 4.90 Å². The van der Waals surface area contributed by atoms with E-state index in [-0.39, 0.29) is 0 Å². The van der Waals surface area contributed by atoms with Gasteiger partial charge in [-0.1, -0.05) is 24.3 Å². The molecule has 0 bridgehead atoms. The Morgan fingerprint density at radius 1 is 1.04 bits per heavy atom. The Hall–Kier alpha value is -2.20. The molecule has 2 aliphatic rings. The Kier molecular flexibility index (Phi) is 5.30. The number of nitrogens with zero attached hydrogens (tertiary/aromatic N) is 2. The first-order valence-electron chi connectivity index (χ1n) is 9.77. The van der Waals surface area contributed by atoms with Gasteiger partial charge in [-0.25, -0.2) is 0 Å². The Balaban J connectivity index is 1.24. The predicted octanol–water partition coefficient (Wildman–Crippen LogP) is 3.63. The molecule has 1 unspecified atom stereocenters. The fourth-order valence-corrected chi connectivity index (χ4v) is 4.09. The van der Waals surface area contributed by atoms with Crippen molar-refractivity contribution in [1.29, 1.82) is 0 Å². The molecule has 4 heteroatoms. The van der Waals surface area contributed by atoms with E-state index in [0.29, 0.717) is 6.04 Å². The average molecular weight is 351 g/mol. The third-order valence-electron chi connectivity index (χ3n) is 5.72. The molecule has 4 nitrogen and oxygen atoms in total. The molecule has 2 aromatic carbocycles. The summed E-state index contributed by atoms with van der Waals surface area (Å²) in [6, 6.07) is 17.8. The molecule has 4 rings (SSSR count). The number of anilines is 2. The van der Waals surface area contributed by atoms with E-state index in [9.17, 15) is 0 Å². The largest absolute Gasteiger partial charge is 0.497 e. The summed E-state index contributed by atoms with van der Waals surface area (Å²) in [7, 11) is 1.73. The number of aryl methyl sites for hydroxylation is 1. The van der Waals surface area contributed by atoms with Gasteiger partial charge >= 0.3 is 0 Å². The second-order valence-electron chi connectivity index (χ2n) is 7.36. The number of hydrogen-bond donors (Lipinski definition) is 1. The summed E-state index contributed by atoms with van der Waals surface area (Å²) >= 11 is 0. The van der Waals surface area contributed by atoms with Crippen LogP contribution < -0.4 is 15.0 Å². The van der Waals surface area contributed by atoms with Crippen LogP contribution in [0.25, 0.3) is 0 Å². The minimum Gasteiger partial charge on any atom is -0.497 e. The van der Waals surface area contributed by atoms with Crippen molar-refractivity contribution >= 4 is 11.4 Å². The van der Waals surface area contributed by atoms with Crippen LogP contribution in [0.3, 0.4) is 0 Å². The molecule has 0 amide bonds. The first-order chi connectivity index (χ1) is 12.8. The van der Waals surface area contributed by atoms with Crippen LogP contribution in [0.1, 0.15) is 18.4 Å². The van der Waals surface area contributed by atoms with Gasteiger partial charge in [0.15, 0.2) is 0 Å². The fourth-order valence-electron chi connectivity index (χ4n) is 4.09. The number of nitrogens with one attached hydrogen (secondary N) is 1. The standard InChI is InChI=1S/C22H29N3O/c1-26-21-7-4-6-20(17-21)25-15-13-24(14-16-25)12-11-19-10-9-18-5-2-3-8-22(18)23-19/h2-8,17,19,23H,9-16H2,1H3. The second-order valence-corrected chi connectivity index (χ2v) is 7.36. The van der Waals surface area contributed by atoms with E-state index >= 15 is 0 Å². The number of fused-ring (bicyclic) bond motifs is 1. The fraction of sp³-hybridized carbons (Fsp3) is 0.455. The first-order valence-corrected chi connectivity index (χ1v) is 9.77. The smallest absolute Gasteiger partial charge is 0.120 e. The third-order valence-corrected chi connectivity index (χ3v) is 5.72. The van der Waals surface area contributed by atoms with Gasteiger partial charge in [0.25, 0.3) is 0 Å². The van der Waals surface area contributed by atoms with E-state index in [1.807, 2.05) is 6.07 Å². The molecule has 0 spiro atoms. The van der Waals surface area contributed by atoms with E-state index in [2.05, 4.69) is 57.6 Å². The molecule has 2 aliphatic heterocycles. The van der Waals surface area contributed by atoms with E-state index < -0.39 is 0 Å². The maximum absolute atomic E-state index is 5.35. The normalized spacial score (nSPS) is 20.3.